The lowest BCUT2D eigenvalue weighted by Crippen LogP contribution is -2.48. The molecule has 0 saturated carbocycles. The van der Waals surface area contributed by atoms with Crippen molar-refractivity contribution in [3.63, 3.8) is 0 Å². The first kappa shape index (κ1) is 21.5. The van der Waals surface area contributed by atoms with Crippen LogP contribution in [0.5, 0.6) is 0 Å². The molecule has 3 N–H and O–H groups in total. The topological polar surface area (TPSA) is 117 Å². The predicted octanol–water partition coefficient (Wildman–Crippen LogP) is 2.15. The molecule has 2 aliphatic rings. The summed E-state index contributed by atoms with van der Waals surface area (Å²) in [5.41, 5.74) is 6.57. The van der Waals surface area contributed by atoms with Crippen LogP contribution >= 0.6 is 11.3 Å². The van der Waals surface area contributed by atoms with Crippen molar-refractivity contribution in [1.29, 1.82) is 0 Å². The van der Waals surface area contributed by atoms with E-state index in [1.54, 1.807) is 18.2 Å². The molecule has 31 heavy (non-hydrogen) atoms. The fraction of sp³-hybridized carbons (Fsp3) is 0.381. The average Bonchev–Trinajstić information content (AvgIpc) is 3.42. The van der Waals surface area contributed by atoms with Crippen molar-refractivity contribution in [2.24, 2.45) is 10.9 Å². The van der Waals surface area contributed by atoms with Crippen molar-refractivity contribution < 1.29 is 18.0 Å². The van der Waals surface area contributed by atoms with Gasteiger partial charge in [-0.05, 0) is 48.9 Å². The number of rotatable bonds is 5. The van der Waals surface area contributed by atoms with Crippen LogP contribution in [-0.4, -0.2) is 32.1 Å². The Morgan fingerprint density at radius 3 is 2.74 bits per heavy atom. The fourth-order valence-electron chi connectivity index (χ4n) is 3.73. The van der Waals surface area contributed by atoms with Gasteiger partial charge in [-0.1, -0.05) is 32.4 Å². The molecular formula is C21H24N4O4S2. The summed E-state index contributed by atoms with van der Waals surface area (Å²) in [6, 6.07) is 7.50. The van der Waals surface area contributed by atoms with E-state index >= 15 is 0 Å². The summed E-state index contributed by atoms with van der Waals surface area (Å²) in [5.74, 6) is -0.901. The predicted molar refractivity (Wildman–Crippen MR) is 118 cm³/mol. The van der Waals surface area contributed by atoms with E-state index in [1.165, 1.54) is 27.8 Å². The number of amides is 2. The number of carbonyl (C=O) groups excluding carboxylic acids is 2. The average molecular weight is 461 g/mol. The molecule has 8 nitrogen and oxygen atoms in total. The zero-order chi connectivity index (χ0) is 22.2. The molecule has 2 heterocycles. The van der Waals surface area contributed by atoms with E-state index in [2.05, 4.69) is 20.6 Å². The van der Waals surface area contributed by atoms with E-state index in [-0.39, 0.29) is 22.6 Å². The summed E-state index contributed by atoms with van der Waals surface area (Å²) in [6.07, 6.45) is 3.74. The second-order valence-electron chi connectivity index (χ2n) is 7.77. The Morgan fingerprint density at radius 1 is 1.23 bits per heavy atom. The van der Waals surface area contributed by atoms with Crippen molar-refractivity contribution in [3.05, 3.63) is 51.2 Å². The molecular weight excluding hydrogens is 436 g/mol. The first-order chi connectivity index (χ1) is 14.8. The summed E-state index contributed by atoms with van der Waals surface area (Å²) in [7, 11) is -3.70. The number of aliphatic imine (C=N–C) groups is 1. The van der Waals surface area contributed by atoms with E-state index in [1.807, 2.05) is 19.9 Å². The molecule has 0 fully saturated rings. The number of carbonyl (C=O) groups is 2. The van der Waals surface area contributed by atoms with Crippen LogP contribution < -0.4 is 15.6 Å². The van der Waals surface area contributed by atoms with E-state index in [4.69, 9.17) is 0 Å². The lowest BCUT2D eigenvalue weighted by molar-refractivity contribution is -0.124. The highest BCUT2D eigenvalue weighted by molar-refractivity contribution is 7.90. The molecule has 10 heteroatoms. The minimum Gasteiger partial charge on any atom is -0.271 e. The van der Waals surface area contributed by atoms with Crippen LogP contribution in [0, 0.1) is 5.92 Å². The molecule has 4 rings (SSSR count). The smallest absolute Gasteiger partial charge is 0.271 e. The van der Waals surface area contributed by atoms with E-state index in [0.717, 1.165) is 19.3 Å². The largest absolute Gasteiger partial charge is 0.279 e. The third-order valence-corrected chi connectivity index (χ3v) is 8.29. The molecule has 1 aromatic carbocycles. The second kappa shape index (κ2) is 8.43. The van der Waals surface area contributed by atoms with Gasteiger partial charge in [-0.15, -0.1) is 11.3 Å². The number of fused-ring (bicyclic) bond motifs is 2. The van der Waals surface area contributed by atoms with Gasteiger partial charge in [0.15, 0.2) is 0 Å². The van der Waals surface area contributed by atoms with Gasteiger partial charge in [0, 0.05) is 10.4 Å². The highest BCUT2D eigenvalue weighted by atomic mass is 32.2. The lowest BCUT2D eigenvalue weighted by atomic mass is 9.99. The Kier molecular flexibility index (Phi) is 5.85. The molecule has 1 aliphatic heterocycles. The van der Waals surface area contributed by atoms with Crippen molar-refractivity contribution >= 4 is 39.0 Å². The Hall–Kier alpha value is -2.72. The Bertz CT molecular complexity index is 1150. The van der Waals surface area contributed by atoms with Gasteiger partial charge < -0.3 is 0 Å². The van der Waals surface area contributed by atoms with Gasteiger partial charge in [0.2, 0.25) is 0 Å². The summed E-state index contributed by atoms with van der Waals surface area (Å²) in [6.45, 7) is 3.78. The van der Waals surface area contributed by atoms with Crippen LogP contribution in [0.25, 0.3) is 0 Å². The number of amidine groups is 1. The SMILES string of the molecule is CC[C@H](C)[C@H](N=C1NS(=O)(=O)c2ccccc21)C(=O)NNC(=O)c1cc2c(s1)CCC2. The summed E-state index contributed by atoms with van der Waals surface area (Å²) >= 11 is 1.45. The van der Waals surface area contributed by atoms with Gasteiger partial charge in [0.05, 0.1) is 9.77 Å². The quantitative estimate of drug-likeness (QED) is 0.593. The van der Waals surface area contributed by atoms with Gasteiger partial charge >= 0.3 is 0 Å². The lowest BCUT2D eigenvalue weighted by Gasteiger charge is -2.19. The standard InChI is InChI=1S/C21H24N4O4S2/c1-3-12(2)18(22-19-14-8-4-5-10-17(14)31(28,29)25-19)21(27)24-23-20(26)16-11-13-7-6-9-15(13)30-16/h4-5,8,10-12,18H,3,6-7,9H2,1-2H3,(H,22,25)(H,23,26)(H,24,27)/t12-,18-/m0/s1. The van der Waals surface area contributed by atoms with Gasteiger partial charge in [-0.2, -0.15) is 0 Å². The van der Waals surface area contributed by atoms with Crippen molar-refractivity contribution in [2.45, 2.75) is 50.5 Å². The maximum absolute atomic E-state index is 12.9. The van der Waals surface area contributed by atoms with Gasteiger partial charge in [0.25, 0.3) is 21.8 Å². The molecule has 0 radical (unpaired) electrons. The van der Waals surface area contributed by atoms with E-state index < -0.39 is 22.0 Å². The molecule has 1 aromatic heterocycles. The summed E-state index contributed by atoms with van der Waals surface area (Å²) < 4.78 is 27.1. The Labute approximate surface area is 185 Å². The zero-order valence-electron chi connectivity index (χ0n) is 17.3. The fourth-order valence-corrected chi connectivity index (χ4v) is 6.12. The van der Waals surface area contributed by atoms with Crippen molar-refractivity contribution in [3.8, 4) is 0 Å². The molecule has 0 unspecified atom stereocenters. The highest BCUT2D eigenvalue weighted by Crippen LogP contribution is 2.30. The van der Waals surface area contributed by atoms with Gasteiger partial charge in [-0.25, -0.2) is 8.42 Å². The summed E-state index contributed by atoms with van der Waals surface area (Å²) in [4.78, 5) is 31.7. The number of aryl methyl sites for hydroxylation is 2. The van der Waals surface area contributed by atoms with Crippen LogP contribution in [0.15, 0.2) is 40.2 Å². The zero-order valence-corrected chi connectivity index (χ0v) is 18.9. The maximum atomic E-state index is 12.9. The Morgan fingerprint density at radius 2 is 2.00 bits per heavy atom. The molecule has 2 aromatic rings. The first-order valence-electron chi connectivity index (χ1n) is 10.2. The van der Waals surface area contributed by atoms with Crippen LogP contribution in [0.1, 0.15) is 52.4 Å². The van der Waals surface area contributed by atoms with E-state index in [0.29, 0.717) is 16.9 Å². The molecule has 0 bridgehead atoms. The van der Waals surface area contributed by atoms with Gasteiger partial charge in [-0.3, -0.25) is 30.2 Å². The number of sulfonamides is 1. The number of nitrogens with one attached hydrogen (secondary N) is 3. The number of hydrogen-bond acceptors (Lipinski definition) is 6. The molecule has 2 atom stereocenters. The number of hydrogen-bond donors (Lipinski definition) is 3. The van der Waals surface area contributed by atoms with Gasteiger partial charge in [0.1, 0.15) is 11.9 Å². The minimum atomic E-state index is -3.70. The first-order valence-corrected chi connectivity index (χ1v) is 12.5. The second-order valence-corrected chi connectivity index (χ2v) is 10.6. The molecule has 0 spiro atoms. The molecule has 0 saturated heterocycles. The van der Waals surface area contributed by atoms with E-state index in [9.17, 15) is 18.0 Å². The number of thiophene rings is 1. The normalized spacial score (nSPS) is 19.2. The highest BCUT2D eigenvalue weighted by Gasteiger charge is 2.33. The number of benzene rings is 1. The molecule has 1 aliphatic carbocycles. The van der Waals surface area contributed by atoms with Crippen molar-refractivity contribution in [2.75, 3.05) is 0 Å². The van der Waals surface area contributed by atoms with Crippen molar-refractivity contribution in [1.82, 2.24) is 15.6 Å². The van der Waals surface area contributed by atoms with Crippen LogP contribution in [0.4, 0.5) is 0 Å². The monoisotopic (exact) mass is 460 g/mol. The molecule has 2 amide bonds. The van der Waals surface area contributed by atoms with Crippen LogP contribution in [0.2, 0.25) is 0 Å². The number of nitrogens with zero attached hydrogens (tertiary/aromatic N) is 1. The third kappa shape index (κ3) is 4.22. The molecule has 164 valence electrons. The minimum absolute atomic E-state index is 0.135. The number of hydrazine groups is 1. The van der Waals surface area contributed by atoms with Crippen LogP contribution in [-0.2, 0) is 27.7 Å². The van der Waals surface area contributed by atoms with Crippen LogP contribution in [0.3, 0.4) is 0 Å². The summed E-state index contributed by atoms with van der Waals surface area (Å²) in [5, 5.41) is 0. The maximum Gasteiger partial charge on any atom is 0.279 e. The third-order valence-electron chi connectivity index (χ3n) is 5.65. The Balaban J connectivity index is 1.51.